The van der Waals surface area contributed by atoms with Crippen LogP contribution >= 0.6 is 0 Å². The van der Waals surface area contributed by atoms with Gasteiger partial charge in [-0.1, -0.05) is 51.1 Å². The standard InChI is InChI=1S/C19H24N2O3/c1-5-17(22)18(13(2)3)24-19(23)16-11-20-12-21(16)14(4)15-9-7-6-8-10-15/h6-14,18H,5H2,1-4H3. The third kappa shape index (κ3) is 3.91. The van der Waals surface area contributed by atoms with Crippen LogP contribution in [0.1, 0.15) is 56.2 Å². The van der Waals surface area contributed by atoms with Crippen molar-refractivity contribution >= 4 is 11.8 Å². The van der Waals surface area contributed by atoms with Gasteiger partial charge in [0.15, 0.2) is 11.9 Å². The third-order valence-corrected chi connectivity index (χ3v) is 4.08. The summed E-state index contributed by atoms with van der Waals surface area (Å²) in [6, 6.07) is 9.79. The molecule has 0 N–H and O–H groups in total. The lowest BCUT2D eigenvalue weighted by atomic mass is 10.0. The van der Waals surface area contributed by atoms with Crippen LogP contribution in [0.2, 0.25) is 0 Å². The Bertz CT molecular complexity index is 692. The van der Waals surface area contributed by atoms with Gasteiger partial charge in [0.05, 0.1) is 18.6 Å². The van der Waals surface area contributed by atoms with Crippen molar-refractivity contribution in [2.75, 3.05) is 0 Å². The maximum Gasteiger partial charge on any atom is 0.357 e. The van der Waals surface area contributed by atoms with Crippen LogP contribution in [0, 0.1) is 5.92 Å². The van der Waals surface area contributed by atoms with E-state index in [2.05, 4.69) is 4.98 Å². The Kier molecular flexibility index (Phi) is 5.90. The molecule has 5 nitrogen and oxygen atoms in total. The van der Waals surface area contributed by atoms with Crippen LogP contribution in [0.5, 0.6) is 0 Å². The first-order valence-corrected chi connectivity index (χ1v) is 8.26. The monoisotopic (exact) mass is 328 g/mol. The number of ether oxygens (including phenoxy) is 1. The molecule has 2 rings (SSSR count). The Labute approximate surface area is 142 Å². The maximum atomic E-state index is 12.6. The molecule has 0 saturated carbocycles. The van der Waals surface area contributed by atoms with Gasteiger partial charge in [0, 0.05) is 6.42 Å². The zero-order valence-corrected chi connectivity index (χ0v) is 14.6. The molecule has 5 heteroatoms. The minimum absolute atomic E-state index is 0.0596. The summed E-state index contributed by atoms with van der Waals surface area (Å²) in [5.74, 6) is -0.652. The molecule has 0 spiro atoms. The number of aromatic nitrogens is 2. The van der Waals surface area contributed by atoms with E-state index < -0.39 is 12.1 Å². The molecule has 24 heavy (non-hydrogen) atoms. The molecule has 0 radical (unpaired) electrons. The molecule has 0 aliphatic heterocycles. The van der Waals surface area contributed by atoms with Gasteiger partial charge in [-0.25, -0.2) is 9.78 Å². The SMILES string of the molecule is CCC(=O)C(OC(=O)c1cncn1C(C)c1ccccc1)C(C)C. The van der Waals surface area contributed by atoms with Crippen molar-refractivity contribution in [3.63, 3.8) is 0 Å². The van der Waals surface area contributed by atoms with E-state index in [9.17, 15) is 9.59 Å². The van der Waals surface area contributed by atoms with Crippen molar-refractivity contribution in [1.82, 2.24) is 9.55 Å². The molecule has 2 aromatic rings. The Morgan fingerprint density at radius 1 is 1.17 bits per heavy atom. The van der Waals surface area contributed by atoms with Crippen LogP contribution in [-0.4, -0.2) is 27.4 Å². The fourth-order valence-electron chi connectivity index (χ4n) is 2.61. The van der Waals surface area contributed by atoms with Crippen molar-refractivity contribution < 1.29 is 14.3 Å². The fourth-order valence-corrected chi connectivity index (χ4v) is 2.61. The van der Waals surface area contributed by atoms with E-state index >= 15 is 0 Å². The Balaban J connectivity index is 2.23. The predicted octanol–water partition coefficient (Wildman–Crippen LogP) is 3.65. The van der Waals surface area contributed by atoms with Crippen LogP contribution in [-0.2, 0) is 9.53 Å². The Morgan fingerprint density at radius 2 is 1.83 bits per heavy atom. The highest BCUT2D eigenvalue weighted by atomic mass is 16.5. The molecule has 2 atom stereocenters. The highest BCUT2D eigenvalue weighted by Crippen LogP contribution is 2.21. The average molecular weight is 328 g/mol. The van der Waals surface area contributed by atoms with Crippen LogP contribution in [0.3, 0.4) is 0 Å². The van der Waals surface area contributed by atoms with Crippen LogP contribution < -0.4 is 0 Å². The van der Waals surface area contributed by atoms with Gasteiger partial charge in [-0.3, -0.25) is 4.79 Å². The number of carbonyl (C=O) groups is 2. The minimum atomic E-state index is -0.724. The summed E-state index contributed by atoms with van der Waals surface area (Å²) in [5.41, 5.74) is 1.41. The molecular formula is C19H24N2O3. The summed E-state index contributed by atoms with van der Waals surface area (Å²) >= 11 is 0. The smallest absolute Gasteiger partial charge is 0.357 e. The maximum absolute atomic E-state index is 12.6. The predicted molar refractivity (Wildman–Crippen MR) is 91.8 cm³/mol. The van der Waals surface area contributed by atoms with Crippen molar-refractivity contribution in [3.8, 4) is 0 Å². The number of nitrogens with zero attached hydrogens (tertiary/aromatic N) is 2. The Hall–Kier alpha value is -2.43. The van der Waals surface area contributed by atoms with Gasteiger partial charge in [0.25, 0.3) is 0 Å². The van der Waals surface area contributed by atoms with Crippen molar-refractivity contribution in [1.29, 1.82) is 0 Å². The van der Waals surface area contributed by atoms with Crippen molar-refractivity contribution in [3.05, 3.63) is 54.1 Å². The second kappa shape index (κ2) is 7.90. The highest BCUT2D eigenvalue weighted by molar-refractivity contribution is 5.91. The first-order valence-electron chi connectivity index (χ1n) is 8.26. The van der Waals surface area contributed by atoms with E-state index in [1.54, 1.807) is 17.8 Å². The van der Waals surface area contributed by atoms with Gasteiger partial charge in [0.2, 0.25) is 0 Å². The van der Waals surface area contributed by atoms with Crippen LogP contribution in [0.25, 0.3) is 0 Å². The number of Topliss-reactive ketones (excluding diaryl/α,β-unsaturated/α-hetero) is 1. The zero-order valence-electron chi connectivity index (χ0n) is 14.6. The van der Waals surface area contributed by atoms with Gasteiger partial charge in [-0.05, 0) is 18.4 Å². The van der Waals surface area contributed by atoms with Crippen LogP contribution in [0.4, 0.5) is 0 Å². The molecule has 0 aliphatic carbocycles. The normalized spacial score (nSPS) is 13.5. The van der Waals surface area contributed by atoms with Gasteiger partial charge in [0.1, 0.15) is 5.69 Å². The zero-order chi connectivity index (χ0) is 17.7. The summed E-state index contributed by atoms with van der Waals surface area (Å²) in [7, 11) is 0. The molecule has 1 heterocycles. The number of rotatable bonds is 7. The molecule has 128 valence electrons. The third-order valence-electron chi connectivity index (χ3n) is 4.08. The highest BCUT2D eigenvalue weighted by Gasteiger charge is 2.27. The summed E-state index contributed by atoms with van der Waals surface area (Å²) in [6.07, 6.45) is 2.71. The summed E-state index contributed by atoms with van der Waals surface area (Å²) in [4.78, 5) is 28.6. The van der Waals surface area contributed by atoms with Crippen molar-refractivity contribution in [2.45, 2.75) is 46.3 Å². The number of hydrogen-bond donors (Lipinski definition) is 0. The Morgan fingerprint density at radius 3 is 2.42 bits per heavy atom. The van der Waals surface area contributed by atoms with Crippen molar-refractivity contribution in [2.24, 2.45) is 5.92 Å². The lowest BCUT2D eigenvalue weighted by Gasteiger charge is -2.21. The van der Waals surface area contributed by atoms with E-state index in [0.29, 0.717) is 12.1 Å². The lowest BCUT2D eigenvalue weighted by molar-refractivity contribution is -0.129. The number of ketones is 1. The molecule has 0 amide bonds. The number of benzene rings is 1. The largest absolute Gasteiger partial charge is 0.449 e. The summed E-state index contributed by atoms with van der Waals surface area (Å²) < 4.78 is 7.26. The minimum Gasteiger partial charge on any atom is -0.449 e. The second-order valence-corrected chi connectivity index (χ2v) is 6.16. The average Bonchev–Trinajstić information content (AvgIpc) is 3.08. The molecule has 1 aromatic carbocycles. The molecule has 2 unspecified atom stereocenters. The quantitative estimate of drug-likeness (QED) is 0.728. The lowest BCUT2D eigenvalue weighted by Crippen LogP contribution is -2.32. The van der Waals surface area contributed by atoms with Gasteiger partial charge < -0.3 is 9.30 Å². The van der Waals surface area contributed by atoms with E-state index in [4.69, 9.17) is 4.74 Å². The molecule has 0 aliphatic rings. The van der Waals surface area contributed by atoms with E-state index in [1.807, 2.05) is 51.1 Å². The number of esters is 1. The van der Waals surface area contributed by atoms with E-state index in [-0.39, 0.29) is 17.7 Å². The molecule has 0 bridgehead atoms. The number of hydrogen-bond acceptors (Lipinski definition) is 4. The summed E-state index contributed by atoms with van der Waals surface area (Å²) in [6.45, 7) is 7.50. The fraction of sp³-hybridized carbons (Fsp3) is 0.421. The molecule has 1 aromatic heterocycles. The first-order chi connectivity index (χ1) is 11.5. The molecular weight excluding hydrogens is 304 g/mol. The van der Waals surface area contributed by atoms with Gasteiger partial charge in [-0.2, -0.15) is 0 Å². The second-order valence-electron chi connectivity index (χ2n) is 6.16. The van der Waals surface area contributed by atoms with E-state index in [1.165, 1.54) is 6.20 Å². The molecule has 0 saturated heterocycles. The molecule has 0 fully saturated rings. The summed E-state index contributed by atoms with van der Waals surface area (Å²) in [5, 5.41) is 0. The van der Waals surface area contributed by atoms with Gasteiger partial charge in [-0.15, -0.1) is 0 Å². The number of imidazole rings is 1. The van der Waals surface area contributed by atoms with E-state index in [0.717, 1.165) is 5.56 Å². The van der Waals surface area contributed by atoms with Gasteiger partial charge >= 0.3 is 5.97 Å². The number of carbonyl (C=O) groups excluding carboxylic acids is 2. The topological polar surface area (TPSA) is 61.2 Å². The first kappa shape index (κ1) is 17.9. The van der Waals surface area contributed by atoms with Crippen LogP contribution in [0.15, 0.2) is 42.9 Å².